The Hall–Kier alpha value is -4.58. The van der Waals surface area contributed by atoms with Gasteiger partial charge in [0.15, 0.2) is 13.2 Å². The summed E-state index contributed by atoms with van der Waals surface area (Å²) in [7, 11) is 0. The second kappa shape index (κ2) is 16.3. The van der Waals surface area contributed by atoms with Crippen molar-refractivity contribution < 1.29 is 19.1 Å². The third-order valence-electron chi connectivity index (χ3n) is 8.11. The lowest BCUT2D eigenvalue weighted by atomic mass is 9.98. The first-order valence-corrected chi connectivity index (χ1v) is 15.6. The molecule has 4 rings (SSSR count). The van der Waals surface area contributed by atoms with E-state index in [0.29, 0.717) is 11.8 Å². The Morgan fingerprint density at radius 3 is 1.25 bits per heavy atom. The Bertz CT molecular complexity index is 1360. The monoisotopic (exact) mass is 592 g/mol. The van der Waals surface area contributed by atoms with Gasteiger partial charge in [-0.05, 0) is 72.2 Å². The molecule has 0 saturated heterocycles. The molecule has 0 aliphatic heterocycles. The van der Waals surface area contributed by atoms with Crippen LogP contribution in [-0.4, -0.2) is 38.1 Å². The smallest absolute Gasteiger partial charge is 0.264 e. The SMILES string of the molecule is CCC(C)c1ccccc1OCC(=O)N(CCN(C(=O)COc1ccccc1C(C)CC)c1ccccc1)c1ccccc1. The minimum Gasteiger partial charge on any atom is -0.483 e. The number of anilines is 2. The van der Waals surface area contributed by atoms with E-state index in [1.54, 1.807) is 9.80 Å². The number of benzene rings is 4. The van der Waals surface area contributed by atoms with E-state index in [-0.39, 0.29) is 38.1 Å². The maximum Gasteiger partial charge on any atom is 0.264 e. The van der Waals surface area contributed by atoms with Crippen LogP contribution in [0.5, 0.6) is 11.5 Å². The molecule has 44 heavy (non-hydrogen) atoms. The average molecular weight is 593 g/mol. The number of rotatable bonds is 15. The molecule has 6 nitrogen and oxygen atoms in total. The maximum absolute atomic E-state index is 13.7. The molecule has 0 aliphatic carbocycles. The zero-order valence-electron chi connectivity index (χ0n) is 26.3. The molecule has 0 fully saturated rings. The van der Waals surface area contributed by atoms with Gasteiger partial charge in [0.1, 0.15) is 11.5 Å². The van der Waals surface area contributed by atoms with Gasteiger partial charge in [0, 0.05) is 24.5 Å². The molecule has 6 heteroatoms. The van der Waals surface area contributed by atoms with E-state index in [0.717, 1.165) is 46.8 Å². The summed E-state index contributed by atoms with van der Waals surface area (Å²) in [6.07, 6.45) is 1.95. The summed E-state index contributed by atoms with van der Waals surface area (Å²) in [4.78, 5) is 30.8. The number of nitrogens with zero attached hydrogens (tertiary/aromatic N) is 2. The van der Waals surface area contributed by atoms with Crippen LogP contribution in [0.3, 0.4) is 0 Å². The van der Waals surface area contributed by atoms with Crippen molar-refractivity contribution in [2.45, 2.75) is 52.4 Å². The normalized spacial score (nSPS) is 12.2. The highest BCUT2D eigenvalue weighted by Crippen LogP contribution is 2.30. The molecule has 230 valence electrons. The summed E-state index contributed by atoms with van der Waals surface area (Å²) in [5.41, 5.74) is 3.67. The number of amides is 2. The Kier molecular flexibility index (Phi) is 12.0. The third-order valence-corrected chi connectivity index (χ3v) is 8.11. The molecule has 2 unspecified atom stereocenters. The van der Waals surface area contributed by atoms with E-state index in [1.165, 1.54) is 0 Å². The summed E-state index contributed by atoms with van der Waals surface area (Å²) in [5, 5.41) is 0. The third kappa shape index (κ3) is 8.50. The van der Waals surface area contributed by atoms with Crippen LogP contribution in [0.4, 0.5) is 11.4 Å². The lowest BCUT2D eigenvalue weighted by molar-refractivity contribution is -0.122. The quantitative estimate of drug-likeness (QED) is 0.140. The van der Waals surface area contributed by atoms with Crippen LogP contribution in [0.1, 0.15) is 63.5 Å². The molecule has 0 bridgehead atoms. The zero-order chi connectivity index (χ0) is 31.3. The first-order valence-electron chi connectivity index (χ1n) is 15.6. The summed E-state index contributed by atoms with van der Waals surface area (Å²) < 4.78 is 12.2. The minimum atomic E-state index is -0.186. The van der Waals surface area contributed by atoms with Crippen LogP contribution in [0.15, 0.2) is 109 Å². The van der Waals surface area contributed by atoms with Crippen LogP contribution >= 0.6 is 0 Å². The standard InChI is InChI=1S/C38H44N2O4/c1-5-29(3)33-21-13-15-23-35(33)43-27-37(41)39(31-17-9-7-10-18-31)25-26-40(32-19-11-8-12-20-32)38(42)28-44-36-24-16-14-22-34(36)30(4)6-2/h7-24,29-30H,5-6,25-28H2,1-4H3. The van der Waals surface area contributed by atoms with E-state index < -0.39 is 0 Å². The second-order valence-corrected chi connectivity index (χ2v) is 11.0. The van der Waals surface area contributed by atoms with E-state index in [9.17, 15) is 9.59 Å². The van der Waals surface area contributed by atoms with Gasteiger partial charge in [-0.1, -0.05) is 100 Å². The lowest BCUT2D eigenvalue weighted by Crippen LogP contribution is -2.44. The molecule has 4 aromatic carbocycles. The van der Waals surface area contributed by atoms with Gasteiger partial charge in [-0.2, -0.15) is 0 Å². The fraction of sp³-hybridized carbons (Fsp3) is 0.316. The molecule has 0 radical (unpaired) electrons. The van der Waals surface area contributed by atoms with Crippen molar-refractivity contribution in [2.24, 2.45) is 0 Å². The molecule has 0 saturated carbocycles. The summed E-state index contributed by atoms with van der Waals surface area (Å²) >= 11 is 0. The van der Waals surface area contributed by atoms with Crippen molar-refractivity contribution in [1.29, 1.82) is 0 Å². The molecule has 2 amide bonds. The predicted molar refractivity (Wildman–Crippen MR) is 179 cm³/mol. The molecule has 4 aromatic rings. The van der Waals surface area contributed by atoms with Crippen LogP contribution < -0.4 is 19.3 Å². The lowest BCUT2D eigenvalue weighted by Gasteiger charge is -2.28. The van der Waals surface area contributed by atoms with Crippen molar-refractivity contribution in [3.8, 4) is 11.5 Å². The Morgan fingerprint density at radius 2 is 0.886 bits per heavy atom. The fourth-order valence-corrected chi connectivity index (χ4v) is 5.12. The highest BCUT2D eigenvalue weighted by molar-refractivity contribution is 5.96. The van der Waals surface area contributed by atoms with Crippen LogP contribution in [0, 0.1) is 0 Å². The molecular weight excluding hydrogens is 548 g/mol. The molecule has 2 atom stereocenters. The van der Waals surface area contributed by atoms with Crippen LogP contribution in [0.2, 0.25) is 0 Å². The first kappa shape index (κ1) is 32.3. The molecule has 0 N–H and O–H groups in total. The van der Waals surface area contributed by atoms with Gasteiger partial charge in [-0.3, -0.25) is 9.59 Å². The van der Waals surface area contributed by atoms with Crippen molar-refractivity contribution in [3.05, 3.63) is 120 Å². The number of hydrogen-bond acceptors (Lipinski definition) is 4. The molecule has 0 spiro atoms. The molecular formula is C38H44N2O4. The highest BCUT2D eigenvalue weighted by Gasteiger charge is 2.23. The number of para-hydroxylation sites is 4. The maximum atomic E-state index is 13.7. The van der Waals surface area contributed by atoms with Gasteiger partial charge in [0.05, 0.1) is 0 Å². The molecule has 0 aromatic heterocycles. The van der Waals surface area contributed by atoms with Gasteiger partial charge in [0.25, 0.3) is 11.8 Å². The topological polar surface area (TPSA) is 59.1 Å². The Balaban J connectivity index is 1.52. The average Bonchev–Trinajstić information content (AvgIpc) is 3.08. The van der Waals surface area contributed by atoms with Crippen molar-refractivity contribution in [3.63, 3.8) is 0 Å². The summed E-state index contributed by atoms with van der Waals surface area (Å²) in [6, 6.07) is 34.8. The van der Waals surface area contributed by atoms with Gasteiger partial charge in [-0.25, -0.2) is 0 Å². The highest BCUT2D eigenvalue weighted by atomic mass is 16.5. The number of carbonyl (C=O) groups excluding carboxylic acids is 2. The fourth-order valence-electron chi connectivity index (χ4n) is 5.12. The van der Waals surface area contributed by atoms with Crippen molar-refractivity contribution in [1.82, 2.24) is 0 Å². The van der Waals surface area contributed by atoms with Crippen molar-refractivity contribution in [2.75, 3.05) is 36.1 Å². The van der Waals surface area contributed by atoms with E-state index >= 15 is 0 Å². The summed E-state index contributed by atoms with van der Waals surface area (Å²) in [5.74, 6) is 1.70. The van der Waals surface area contributed by atoms with Gasteiger partial charge >= 0.3 is 0 Å². The second-order valence-electron chi connectivity index (χ2n) is 11.0. The Morgan fingerprint density at radius 1 is 0.545 bits per heavy atom. The number of hydrogen-bond donors (Lipinski definition) is 0. The van der Waals surface area contributed by atoms with E-state index in [2.05, 4.69) is 39.8 Å². The van der Waals surface area contributed by atoms with Crippen LogP contribution in [-0.2, 0) is 9.59 Å². The van der Waals surface area contributed by atoms with Crippen LogP contribution in [0.25, 0.3) is 0 Å². The van der Waals surface area contributed by atoms with E-state index in [1.807, 2.05) is 97.1 Å². The molecule has 0 heterocycles. The van der Waals surface area contributed by atoms with Gasteiger partial charge in [0.2, 0.25) is 0 Å². The Labute approximate surface area is 262 Å². The first-order chi connectivity index (χ1) is 21.4. The number of carbonyl (C=O) groups is 2. The number of ether oxygens (including phenoxy) is 2. The molecule has 0 aliphatic rings. The summed E-state index contributed by atoms with van der Waals surface area (Å²) in [6.45, 7) is 8.92. The van der Waals surface area contributed by atoms with Crippen molar-refractivity contribution >= 4 is 23.2 Å². The van der Waals surface area contributed by atoms with E-state index in [4.69, 9.17) is 9.47 Å². The largest absolute Gasteiger partial charge is 0.483 e. The van der Waals surface area contributed by atoms with Gasteiger partial charge in [-0.15, -0.1) is 0 Å². The van der Waals surface area contributed by atoms with Gasteiger partial charge < -0.3 is 19.3 Å². The minimum absolute atomic E-state index is 0.114. The predicted octanol–water partition coefficient (Wildman–Crippen LogP) is 8.24. The zero-order valence-corrected chi connectivity index (χ0v) is 26.3.